The number of rotatable bonds is 7. The van der Waals surface area contributed by atoms with E-state index in [-0.39, 0.29) is 12.4 Å². The third kappa shape index (κ3) is 5.22. The fourth-order valence-electron chi connectivity index (χ4n) is 2.39. The van der Waals surface area contributed by atoms with Crippen LogP contribution in [-0.2, 0) is 4.74 Å². The van der Waals surface area contributed by atoms with Gasteiger partial charge in [-0.15, -0.1) is 0 Å². The van der Waals surface area contributed by atoms with Crippen LogP contribution >= 0.6 is 0 Å². The number of aromatic hydroxyl groups is 1. The lowest BCUT2D eigenvalue weighted by Gasteiger charge is -2.19. The molecule has 0 aliphatic rings. The Morgan fingerprint density at radius 2 is 1.88 bits per heavy atom. The van der Waals surface area contributed by atoms with Crippen molar-refractivity contribution in [2.45, 2.75) is 18.9 Å². The maximum Gasteiger partial charge on any atom is 0.414 e. The lowest BCUT2D eigenvalue weighted by atomic mass is 10.0. The van der Waals surface area contributed by atoms with Gasteiger partial charge in [0.05, 0.1) is 7.11 Å². The summed E-state index contributed by atoms with van der Waals surface area (Å²) < 4.78 is 10.3. The third-order valence-electron chi connectivity index (χ3n) is 3.70. The molecule has 0 saturated carbocycles. The molecule has 138 valence electrons. The molecule has 2 amide bonds. The highest BCUT2D eigenvalue weighted by atomic mass is 16.6. The van der Waals surface area contributed by atoms with Gasteiger partial charge in [-0.3, -0.25) is 10.1 Å². The topological polar surface area (TPSA) is 105 Å². The fourth-order valence-corrected chi connectivity index (χ4v) is 2.39. The second-order valence-electron chi connectivity index (χ2n) is 5.51. The number of carbonyl (C=O) groups excluding carboxylic acids is 2. The zero-order valence-corrected chi connectivity index (χ0v) is 14.3. The van der Waals surface area contributed by atoms with Gasteiger partial charge in [-0.25, -0.2) is 4.79 Å². The quantitative estimate of drug-likeness (QED) is 0.702. The summed E-state index contributed by atoms with van der Waals surface area (Å²) in [4.78, 5) is 24.1. The zero-order chi connectivity index (χ0) is 18.9. The van der Waals surface area contributed by atoms with Crippen LogP contribution in [0.1, 0.15) is 34.9 Å². The first-order chi connectivity index (χ1) is 12.5. The Balaban J connectivity index is 2.08. The van der Waals surface area contributed by atoms with Crippen LogP contribution in [-0.4, -0.2) is 35.9 Å². The lowest BCUT2D eigenvalue weighted by Crippen LogP contribution is -2.32. The molecule has 0 heterocycles. The predicted molar refractivity (Wildman–Crippen MR) is 94.1 cm³/mol. The van der Waals surface area contributed by atoms with E-state index in [4.69, 9.17) is 14.6 Å². The van der Waals surface area contributed by atoms with Crippen LogP contribution < -0.4 is 10.1 Å². The summed E-state index contributed by atoms with van der Waals surface area (Å²) in [5, 5.41) is 21.1. The van der Waals surface area contributed by atoms with E-state index in [0.29, 0.717) is 29.7 Å². The summed E-state index contributed by atoms with van der Waals surface area (Å²) in [5.74, 6) is -0.379. The molecule has 0 radical (unpaired) electrons. The number of hydrogen-bond acceptors (Lipinski definition) is 6. The minimum absolute atomic E-state index is 0.0768. The molecule has 0 fully saturated rings. The van der Waals surface area contributed by atoms with Gasteiger partial charge >= 0.3 is 6.09 Å². The first-order valence-electron chi connectivity index (χ1n) is 8.10. The SMILES string of the molecule is COc1ccc([C@H](CCCO)OC(=O)NC(=O)c2ccccc2)cc1O. The Bertz CT molecular complexity index is 747. The van der Waals surface area contributed by atoms with Crippen molar-refractivity contribution in [3.05, 3.63) is 59.7 Å². The first-order valence-corrected chi connectivity index (χ1v) is 8.10. The van der Waals surface area contributed by atoms with Gasteiger partial charge in [0.2, 0.25) is 0 Å². The number of nitrogens with one attached hydrogen (secondary N) is 1. The average Bonchev–Trinajstić information content (AvgIpc) is 2.65. The second-order valence-corrected chi connectivity index (χ2v) is 5.51. The molecule has 2 aromatic rings. The van der Waals surface area contributed by atoms with Crippen LogP contribution in [0.5, 0.6) is 11.5 Å². The Morgan fingerprint density at radius 1 is 1.15 bits per heavy atom. The van der Waals surface area contributed by atoms with Gasteiger partial charge < -0.3 is 19.7 Å². The maximum atomic E-state index is 12.1. The smallest absolute Gasteiger partial charge is 0.414 e. The number of hydrogen-bond donors (Lipinski definition) is 3. The maximum absolute atomic E-state index is 12.1. The molecular weight excluding hydrogens is 338 g/mol. The number of ether oxygens (including phenoxy) is 2. The highest BCUT2D eigenvalue weighted by Gasteiger charge is 2.20. The molecule has 0 aromatic heterocycles. The third-order valence-corrected chi connectivity index (χ3v) is 3.70. The van der Waals surface area contributed by atoms with Gasteiger partial charge in [-0.2, -0.15) is 0 Å². The van der Waals surface area contributed by atoms with E-state index >= 15 is 0 Å². The number of phenolic OH excluding ortho intramolecular Hbond substituents is 1. The van der Waals surface area contributed by atoms with Gasteiger partial charge in [-0.1, -0.05) is 24.3 Å². The van der Waals surface area contributed by atoms with Crippen molar-refractivity contribution in [1.29, 1.82) is 0 Å². The summed E-state index contributed by atoms with van der Waals surface area (Å²) in [7, 11) is 1.43. The van der Waals surface area contributed by atoms with E-state index in [9.17, 15) is 14.7 Å². The van der Waals surface area contributed by atoms with Crippen molar-refractivity contribution < 1.29 is 29.3 Å². The van der Waals surface area contributed by atoms with Crippen molar-refractivity contribution in [2.75, 3.05) is 13.7 Å². The van der Waals surface area contributed by atoms with E-state index in [1.165, 1.54) is 13.2 Å². The monoisotopic (exact) mass is 359 g/mol. The van der Waals surface area contributed by atoms with Crippen LogP contribution in [0.25, 0.3) is 0 Å². The van der Waals surface area contributed by atoms with Crippen molar-refractivity contribution in [3.63, 3.8) is 0 Å². The van der Waals surface area contributed by atoms with Gasteiger partial charge in [-0.05, 0) is 42.7 Å². The molecule has 3 N–H and O–H groups in total. The van der Waals surface area contributed by atoms with E-state index in [1.54, 1.807) is 42.5 Å². The van der Waals surface area contributed by atoms with Crippen molar-refractivity contribution in [1.82, 2.24) is 5.32 Å². The number of carbonyl (C=O) groups is 2. The zero-order valence-electron chi connectivity index (χ0n) is 14.3. The average molecular weight is 359 g/mol. The van der Waals surface area contributed by atoms with Crippen molar-refractivity contribution in [2.24, 2.45) is 0 Å². The van der Waals surface area contributed by atoms with E-state index < -0.39 is 18.1 Å². The predicted octanol–water partition coefficient (Wildman–Crippen LogP) is 2.78. The van der Waals surface area contributed by atoms with Gasteiger partial charge in [0.1, 0.15) is 6.10 Å². The molecule has 0 bridgehead atoms. The molecule has 7 nitrogen and oxygen atoms in total. The Kier molecular flexibility index (Phi) is 6.99. The van der Waals surface area contributed by atoms with Crippen LogP contribution in [0.15, 0.2) is 48.5 Å². The van der Waals surface area contributed by atoms with Crippen LogP contribution in [0.4, 0.5) is 4.79 Å². The lowest BCUT2D eigenvalue weighted by molar-refractivity contribution is 0.0769. The van der Waals surface area contributed by atoms with Gasteiger partial charge in [0.25, 0.3) is 5.91 Å². The highest BCUT2D eigenvalue weighted by Crippen LogP contribution is 2.32. The molecule has 26 heavy (non-hydrogen) atoms. The Hall–Kier alpha value is -3.06. The number of alkyl carbamates (subject to hydrolysis) is 1. The van der Waals surface area contributed by atoms with E-state index in [0.717, 1.165) is 0 Å². The molecule has 1 atom stereocenters. The van der Waals surface area contributed by atoms with Crippen LogP contribution in [0.3, 0.4) is 0 Å². The van der Waals surface area contributed by atoms with Crippen LogP contribution in [0, 0.1) is 0 Å². The Labute approximate surface area is 151 Å². The fraction of sp³-hybridized carbons (Fsp3) is 0.263. The largest absolute Gasteiger partial charge is 0.504 e. The molecule has 2 aromatic carbocycles. The minimum Gasteiger partial charge on any atom is -0.504 e. The molecule has 0 aliphatic carbocycles. The minimum atomic E-state index is -0.905. The summed E-state index contributed by atoms with van der Waals surface area (Å²) in [5.41, 5.74) is 0.859. The number of phenols is 1. The summed E-state index contributed by atoms with van der Waals surface area (Å²) in [6.07, 6.45) is -0.924. The molecule has 0 spiro atoms. The number of aliphatic hydroxyl groups is 1. The summed E-state index contributed by atoms with van der Waals surface area (Å²) in [6.45, 7) is -0.0768. The normalized spacial score (nSPS) is 11.5. The molecule has 0 aliphatic heterocycles. The molecule has 0 saturated heterocycles. The first kappa shape index (κ1) is 19.3. The second kappa shape index (κ2) is 9.43. The molecule has 7 heteroatoms. The number of benzene rings is 2. The summed E-state index contributed by atoms with van der Waals surface area (Å²) in [6, 6.07) is 12.9. The molecular formula is C19H21NO6. The number of amides is 2. The van der Waals surface area contributed by atoms with E-state index in [1.807, 2.05) is 0 Å². The van der Waals surface area contributed by atoms with Gasteiger partial charge in [0.15, 0.2) is 11.5 Å². The molecule has 0 unspecified atom stereocenters. The summed E-state index contributed by atoms with van der Waals surface area (Å²) >= 11 is 0. The Morgan fingerprint density at radius 3 is 2.50 bits per heavy atom. The number of imide groups is 1. The highest BCUT2D eigenvalue weighted by molar-refractivity contribution is 6.02. The van der Waals surface area contributed by atoms with Crippen molar-refractivity contribution in [3.8, 4) is 11.5 Å². The number of methoxy groups -OCH3 is 1. The standard InChI is InChI=1S/C19H21NO6/c1-25-17-10-9-14(12-15(17)22)16(8-5-11-21)26-19(24)20-18(23)13-6-3-2-4-7-13/h2-4,6-7,9-10,12,16,21-22H,5,8,11H2,1H3,(H,20,23,24)/t16-/m0/s1. The number of aliphatic hydroxyl groups excluding tert-OH is 1. The molecule has 2 rings (SSSR count). The van der Waals surface area contributed by atoms with Gasteiger partial charge in [0, 0.05) is 12.2 Å². The van der Waals surface area contributed by atoms with Crippen molar-refractivity contribution >= 4 is 12.0 Å². The van der Waals surface area contributed by atoms with Crippen LogP contribution in [0.2, 0.25) is 0 Å². The van der Waals surface area contributed by atoms with E-state index in [2.05, 4.69) is 5.32 Å².